The van der Waals surface area contributed by atoms with Crippen LogP contribution in [0.3, 0.4) is 0 Å². The summed E-state index contributed by atoms with van der Waals surface area (Å²) in [6, 6.07) is 162. The van der Waals surface area contributed by atoms with Crippen LogP contribution in [0.2, 0.25) is 0 Å². The van der Waals surface area contributed by atoms with Crippen LogP contribution in [-0.4, -0.2) is 39.9 Å². The minimum atomic E-state index is -0.578. The Morgan fingerprint density at radius 2 is 0.359 bits per heavy atom. The average Bonchev–Trinajstić information content (AvgIpc) is 1.54. The molecule has 0 amide bonds. The summed E-state index contributed by atoms with van der Waals surface area (Å²) < 4.78 is 13.0. The van der Waals surface area contributed by atoms with Crippen molar-refractivity contribution in [2.45, 2.75) is 10.8 Å². The third kappa shape index (κ3) is 13.6. The Kier molecular flexibility index (Phi) is 19.1. The van der Waals surface area contributed by atoms with Crippen LogP contribution in [0.5, 0.6) is 0 Å². The van der Waals surface area contributed by atoms with Gasteiger partial charge in [0.2, 0.25) is 11.8 Å². The van der Waals surface area contributed by atoms with E-state index in [1.54, 1.807) is 0 Å². The van der Waals surface area contributed by atoms with Crippen molar-refractivity contribution < 1.29 is 8.83 Å². The lowest BCUT2D eigenvalue weighted by atomic mass is 9.67. The van der Waals surface area contributed by atoms with Gasteiger partial charge in [-0.15, -0.1) is 0 Å². The van der Waals surface area contributed by atoms with Crippen molar-refractivity contribution >= 4 is 22.2 Å². The van der Waals surface area contributed by atoms with E-state index in [2.05, 4.69) is 279 Å². The van der Waals surface area contributed by atoms with E-state index in [1.807, 2.05) is 182 Å². The topological polar surface area (TPSA) is 129 Å². The maximum absolute atomic E-state index is 6.49. The monoisotopic (exact) mass is 1640 g/mol. The van der Waals surface area contributed by atoms with Crippen LogP contribution in [-0.2, 0) is 10.8 Å². The number of benzene rings is 18. The largest absolute Gasteiger partial charge is 0.436 e. The van der Waals surface area contributed by atoms with Gasteiger partial charge < -0.3 is 8.83 Å². The van der Waals surface area contributed by atoms with Crippen molar-refractivity contribution in [1.29, 1.82) is 0 Å². The van der Waals surface area contributed by atoms with E-state index in [9.17, 15) is 0 Å². The van der Waals surface area contributed by atoms with Crippen molar-refractivity contribution in [3.8, 4) is 158 Å². The summed E-state index contributed by atoms with van der Waals surface area (Å²) in [7, 11) is 0. The van der Waals surface area contributed by atoms with E-state index >= 15 is 0 Å². The van der Waals surface area contributed by atoms with E-state index in [0.29, 0.717) is 46.7 Å². The minimum absolute atomic E-state index is 0.566. The summed E-state index contributed by atoms with van der Waals surface area (Å²) in [6.07, 6.45) is 0. The summed E-state index contributed by atoms with van der Waals surface area (Å²) in [6.45, 7) is 0. The van der Waals surface area contributed by atoms with Gasteiger partial charge in [0.25, 0.3) is 0 Å². The number of oxazole rings is 2. The molecule has 24 rings (SSSR count). The molecule has 18 aromatic carbocycles. The number of hydrogen-bond acceptors (Lipinski definition) is 10. The van der Waals surface area contributed by atoms with Crippen LogP contribution in [0.1, 0.15) is 44.5 Å². The first-order chi connectivity index (χ1) is 63.4. The van der Waals surface area contributed by atoms with Crippen molar-refractivity contribution in [3.63, 3.8) is 0 Å². The van der Waals surface area contributed by atoms with Gasteiger partial charge in [-0.05, 0) is 166 Å². The predicted octanol–water partition coefficient (Wildman–Crippen LogP) is 28.8. The molecule has 0 spiro atoms. The third-order valence-corrected chi connectivity index (χ3v) is 25.0. The number of hydrogen-bond donors (Lipinski definition) is 0. The Morgan fingerprint density at radius 3 is 0.641 bits per heavy atom. The highest BCUT2D eigenvalue weighted by atomic mass is 16.4. The van der Waals surface area contributed by atoms with E-state index < -0.39 is 10.8 Å². The first kappa shape index (κ1) is 75.9. The maximum atomic E-state index is 6.49. The lowest BCUT2D eigenvalue weighted by molar-refractivity contribution is 0.618. The summed E-state index contributed by atoms with van der Waals surface area (Å²) in [5, 5.41) is 0. The molecule has 2 aliphatic carbocycles. The van der Waals surface area contributed by atoms with E-state index in [1.165, 1.54) is 55.6 Å². The fraction of sp³-hybridized carbons (Fsp3) is 0.0169. The molecule has 0 aliphatic heterocycles. The molecule has 10 nitrogen and oxygen atoms in total. The molecule has 4 aromatic heterocycles. The molecule has 22 aromatic rings. The standard InChI is InChI=1S/2C59H38N4O/c1-4-15-41(16-5-1)55-61-56(42-17-6-2-7-18-42)63-57(62-55)43-29-27-39(28-30-43)45-21-14-22-46(37-45)40-31-33-47(34-32-40)59(51-25-12-10-23-49(51)50-24-11-13-26-52(50)59)48-35-36-53-54(38-48)64-58(60-53)44-19-8-3-9-20-44;1-4-14-43(15-5-1)55-61-56(44-16-6-2-7-17-44)63-57(62-55)45-30-28-41(29-31-45)39-24-26-40(27-25-39)42-32-34-47(35-33-42)59(51-22-12-10-20-49(51)50-21-11-13-23-52(50)59)48-36-37-53-54(38-48)64-58(60-53)46-18-8-3-9-19-46/h2*1-38H. The Labute approximate surface area is 740 Å². The molecular weight excluding hydrogens is 1560 g/mol. The highest BCUT2D eigenvalue weighted by molar-refractivity contribution is 5.91. The molecule has 0 unspecified atom stereocenters. The lowest BCUT2D eigenvalue weighted by Crippen LogP contribution is -2.28. The number of aromatic nitrogens is 8. The number of nitrogens with zero attached hydrogens (tertiary/aromatic N) is 8. The molecule has 2 aliphatic rings. The van der Waals surface area contributed by atoms with Gasteiger partial charge in [-0.25, -0.2) is 39.9 Å². The number of fused-ring (bicyclic) bond motifs is 8. The first-order valence-corrected chi connectivity index (χ1v) is 43.1. The smallest absolute Gasteiger partial charge is 0.227 e. The Morgan fingerprint density at radius 1 is 0.148 bits per heavy atom. The van der Waals surface area contributed by atoms with Crippen LogP contribution in [0.15, 0.2) is 470 Å². The van der Waals surface area contributed by atoms with Gasteiger partial charge in [-0.1, -0.05) is 406 Å². The van der Waals surface area contributed by atoms with Crippen molar-refractivity contribution in [1.82, 2.24) is 39.9 Å². The molecule has 0 N–H and O–H groups in total. The summed E-state index contributed by atoms with van der Waals surface area (Å²) in [5.74, 6) is 5.11. The molecule has 0 bridgehead atoms. The molecule has 600 valence electrons. The fourth-order valence-corrected chi connectivity index (χ4v) is 18.8. The quantitative estimate of drug-likeness (QED) is 0.0922. The lowest BCUT2D eigenvalue weighted by Gasteiger charge is -2.34. The van der Waals surface area contributed by atoms with E-state index in [4.69, 9.17) is 48.7 Å². The Hall–Kier alpha value is -17.1. The predicted molar refractivity (Wildman–Crippen MR) is 515 cm³/mol. The van der Waals surface area contributed by atoms with Crippen LogP contribution in [0.4, 0.5) is 0 Å². The van der Waals surface area contributed by atoms with Gasteiger partial charge in [0, 0.05) is 44.5 Å². The molecule has 0 fully saturated rings. The van der Waals surface area contributed by atoms with Gasteiger partial charge in [0.1, 0.15) is 11.0 Å². The molecule has 0 saturated carbocycles. The second-order valence-corrected chi connectivity index (χ2v) is 32.4. The zero-order valence-electron chi connectivity index (χ0n) is 69.3. The summed E-state index contributed by atoms with van der Waals surface area (Å²) in [4.78, 5) is 39.2. The van der Waals surface area contributed by atoms with Gasteiger partial charge in [0.15, 0.2) is 46.1 Å². The maximum Gasteiger partial charge on any atom is 0.227 e. The van der Waals surface area contributed by atoms with Crippen LogP contribution in [0, 0.1) is 0 Å². The fourth-order valence-electron chi connectivity index (χ4n) is 18.8. The molecule has 128 heavy (non-hydrogen) atoms. The third-order valence-electron chi connectivity index (χ3n) is 25.0. The Balaban J connectivity index is 0.000000146. The molecule has 0 atom stereocenters. The van der Waals surface area contributed by atoms with E-state index in [-0.39, 0.29) is 0 Å². The molecular formula is C118H76N8O2. The second-order valence-electron chi connectivity index (χ2n) is 32.4. The summed E-state index contributed by atoms with van der Waals surface area (Å²) >= 11 is 0. The zero-order chi connectivity index (χ0) is 84.9. The first-order valence-electron chi connectivity index (χ1n) is 43.1. The zero-order valence-corrected chi connectivity index (χ0v) is 69.3. The average molecular weight is 1640 g/mol. The molecule has 10 heteroatoms. The van der Waals surface area contributed by atoms with Crippen LogP contribution < -0.4 is 0 Å². The van der Waals surface area contributed by atoms with Crippen molar-refractivity contribution in [3.05, 3.63) is 506 Å². The van der Waals surface area contributed by atoms with E-state index in [0.717, 1.165) is 122 Å². The SMILES string of the molecule is c1ccc(-c2nc(-c3ccccc3)nc(-c3ccc(-c4ccc(-c5ccc(C6(c7ccc8nc(-c9ccccc9)oc8c7)c7ccccc7-c7ccccc76)cc5)cc4)cc3)n2)cc1.c1ccc(-c2nc(-c3ccccc3)nc(-c3ccc(-c4cccc(-c5ccc(C6(c7ccc8nc(-c9ccccc9)oc8c7)c7ccccc7-c7ccccc76)cc5)c4)cc3)n2)cc1. The highest BCUT2D eigenvalue weighted by Crippen LogP contribution is 2.59. The Bertz CT molecular complexity index is 7660. The van der Waals surface area contributed by atoms with Crippen LogP contribution >= 0.6 is 0 Å². The molecule has 0 saturated heterocycles. The molecule has 0 radical (unpaired) electrons. The number of rotatable bonds is 16. The van der Waals surface area contributed by atoms with Gasteiger partial charge in [-0.2, -0.15) is 0 Å². The van der Waals surface area contributed by atoms with Crippen molar-refractivity contribution in [2.75, 3.05) is 0 Å². The van der Waals surface area contributed by atoms with Gasteiger partial charge in [0.05, 0.1) is 10.8 Å². The molecule has 4 heterocycles. The minimum Gasteiger partial charge on any atom is -0.436 e. The second kappa shape index (κ2) is 32.3. The van der Waals surface area contributed by atoms with Gasteiger partial charge in [-0.3, -0.25) is 0 Å². The summed E-state index contributed by atoms with van der Waals surface area (Å²) in [5.41, 5.74) is 33.3. The van der Waals surface area contributed by atoms with Gasteiger partial charge >= 0.3 is 0 Å². The van der Waals surface area contributed by atoms with Crippen LogP contribution in [0.25, 0.3) is 180 Å². The highest BCUT2D eigenvalue weighted by Gasteiger charge is 2.48. The normalized spacial score (nSPS) is 12.5. The van der Waals surface area contributed by atoms with Crippen molar-refractivity contribution in [2.24, 2.45) is 0 Å².